The summed E-state index contributed by atoms with van der Waals surface area (Å²) in [7, 11) is 1.79. The first-order valence-corrected chi connectivity index (χ1v) is 12.0. The predicted octanol–water partition coefficient (Wildman–Crippen LogP) is 4.13. The fourth-order valence-electron chi connectivity index (χ4n) is 5.29. The van der Waals surface area contributed by atoms with Crippen LogP contribution >= 0.6 is 11.6 Å². The highest BCUT2D eigenvalue weighted by molar-refractivity contribution is 6.33. The highest BCUT2D eigenvalue weighted by Gasteiger charge is 2.62. The summed E-state index contributed by atoms with van der Waals surface area (Å²) < 4.78 is 13.3. The lowest BCUT2D eigenvalue weighted by atomic mass is 9.64. The number of amides is 2. The molecule has 178 valence electrons. The Labute approximate surface area is 201 Å². The maximum Gasteiger partial charge on any atom is 0.323 e. The van der Waals surface area contributed by atoms with E-state index in [0.29, 0.717) is 52.5 Å². The first kappa shape index (κ1) is 21.5. The van der Waals surface area contributed by atoms with E-state index in [0.717, 1.165) is 32.1 Å². The number of anilines is 1. The number of nitrogens with zero attached hydrogens (tertiary/aromatic N) is 6. The minimum atomic E-state index is -0.588. The normalized spacial score (nSPS) is 25.8. The predicted molar refractivity (Wildman–Crippen MR) is 123 cm³/mol. The Balaban J connectivity index is 1.23. The highest BCUT2D eigenvalue weighted by Crippen LogP contribution is 2.55. The smallest absolute Gasteiger partial charge is 0.323 e. The third-order valence-electron chi connectivity index (χ3n) is 6.87. The molecule has 1 aromatic carbocycles. The second-order valence-corrected chi connectivity index (χ2v) is 10.1. The molecule has 4 aliphatic rings. The molecule has 2 saturated carbocycles. The van der Waals surface area contributed by atoms with Gasteiger partial charge in [0.05, 0.1) is 11.1 Å². The number of benzene rings is 1. The number of halogens is 1. The third-order valence-corrected chi connectivity index (χ3v) is 7.20. The molecule has 0 spiro atoms. The fraction of sp³-hybridized carbons (Fsp3) is 0.522. The zero-order chi connectivity index (χ0) is 23.4. The van der Waals surface area contributed by atoms with E-state index >= 15 is 0 Å². The summed E-state index contributed by atoms with van der Waals surface area (Å²) in [6, 6.07) is 5.24. The lowest BCUT2D eigenvalue weighted by Gasteiger charge is -2.61. The topological polar surface area (TPSA) is 111 Å². The molecule has 0 radical (unpaired) electrons. The van der Waals surface area contributed by atoms with Gasteiger partial charge >= 0.3 is 6.03 Å². The molecule has 4 heterocycles. The van der Waals surface area contributed by atoms with Crippen LogP contribution in [0.15, 0.2) is 28.9 Å². The van der Waals surface area contributed by atoms with Gasteiger partial charge in [-0.15, -0.1) is 10.2 Å². The standard InChI is InChI=1S/C23H26ClN7O3/c1-13-7-15-10-23(9-13,21-28-27-19(34-21)11-33-16-4-5-16)31(15)22(32)26-14-3-6-18(24)17(8-14)20-25-12-30(2)29-20/h3,6,8,12-13,15-16H,4-5,7,9-11H2,1-2H3,(H,26,32)/t13-,15-,23+/m0/s1. The van der Waals surface area contributed by atoms with Crippen LogP contribution < -0.4 is 5.32 Å². The van der Waals surface area contributed by atoms with Gasteiger partial charge in [-0.2, -0.15) is 5.10 Å². The number of ether oxygens (including phenoxy) is 1. The van der Waals surface area contributed by atoms with Crippen molar-refractivity contribution in [1.82, 2.24) is 29.9 Å². The zero-order valence-electron chi connectivity index (χ0n) is 19.1. The second kappa shape index (κ2) is 8.06. The van der Waals surface area contributed by atoms with Crippen molar-refractivity contribution in [2.75, 3.05) is 5.32 Å². The summed E-state index contributed by atoms with van der Waals surface area (Å²) in [6.07, 6.45) is 6.64. The molecule has 4 fully saturated rings. The fourth-order valence-corrected chi connectivity index (χ4v) is 5.50. The van der Waals surface area contributed by atoms with Gasteiger partial charge in [0.25, 0.3) is 0 Å². The molecule has 11 heteroatoms. The number of hydrogen-bond donors (Lipinski definition) is 1. The van der Waals surface area contributed by atoms with Gasteiger partial charge in [0, 0.05) is 30.8 Å². The van der Waals surface area contributed by atoms with Crippen LogP contribution in [-0.4, -0.2) is 48.0 Å². The summed E-state index contributed by atoms with van der Waals surface area (Å²) >= 11 is 6.37. The summed E-state index contributed by atoms with van der Waals surface area (Å²) in [4.78, 5) is 19.6. The Kier molecular flexibility index (Phi) is 5.11. The number of piperidine rings is 1. The van der Waals surface area contributed by atoms with Crippen LogP contribution in [0.25, 0.3) is 11.4 Å². The minimum absolute atomic E-state index is 0.131. The molecular formula is C23H26ClN7O3. The molecule has 1 N–H and O–H groups in total. The number of urea groups is 1. The van der Waals surface area contributed by atoms with Crippen molar-refractivity contribution in [3.8, 4) is 11.4 Å². The Morgan fingerprint density at radius 2 is 2.18 bits per heavy atom. The molecule has 0 unspecified atom stereocenters. The van der Waals surface area contributed by atoms with E-state index in [-0.39, 0.29) is 12.1 Å². The number of fused-ring (bicyclic) bond motifs is 2. The average molecular weight is 484 g/mol. The zero-order valence-corrected chi connectivity index (χ0v) is 19.8. The molecule has 2 bridgehead atoms. The van der Waals surface area contributed by atoms with E-state index in [4.69, 9.17) is 20.8 Å². The van der Waals surface area contributed by atoms with E-state index in [9.17, 15) is 4.79 Å². The summed E-state index contributed by atoms with van der Waals surface area (Å²) in [5.74, 6) is 1.91. The SMILES string of the molecule is C[C@H]1C[C@H]2C[C@@](c3nnc(COC4CC4)o3)(C1)N2C(=O)Nc1ccc(Cl)c(-c2ncn(C)n2)c1. The highest BCUT2D eigenvalue weighted by atomic mass is 35.5. The van der Waals surface area contributed by atoms with Gasteiger partial charge in [-0.05, 0) is 49.8 Å². The molecule has 2 saturated heterocycles. The van der Waals surface area contributed by atoms with Crippen LogP contribution in [0.3, 0.4) is 0 Å². The van der Waals surface area contributed by atoms with Gasteiger partial charge in [-0.25, -0.2) is 9.78 Å². The van der Waals surface area contributed by atoms with Crippen molar-refractivity contribution >= 4 is 23.3 Å². The van der Waals surface area contributed by atoms with Gasteiger partial charge in [-0.3, -0.25) is 4.68 Å². The van der Waals surface area contributed by atoms with Crippen LogP contribution in [-0.2, 0) is 23.9 Å². The molecule has 2 aromatic heterocycles. The largest absolute Gasteiger partial charge is 0.420 e. The van der Waals surface area contributed by atoms with E-state index < -0.39 is 5.54 Å². The maximum absolute atomic E-state index is 13.5. The molecule has 7 rings (SSSR count). The first-order chi connectivity index (χ1) is 16.4. The Morgan fingerprint density at radius 3 is 2.94 bits per heavy atom. The number of aryl methyl sites for hydroxylation is 1. The maximum atomic E-state index is 13.5. The van der Waals surface area contributed by atoms with Crippen LogP contribution in [0.1, 0.15) is 50.8 Å². The quantitative estimate of drug-likeness (QED) is 0.561. The summed E-state index contributed by atoms with van der Waals surface area (Å²) in [5, 5.41) is 16.4. The molecule has 2 aliphatic heterocycles. The van der Waals surface area contributed by atoms with Crippen LogP contribution in [0.5, 0.6) is 0 Å². The molecule has 2 amide bonds. The van der Waals surface area contributed by atoms with Crippen LogP contribution in [0, 0.1) is 5.92 Å². The van der Waals surface area contributed by atoms with E-state index in [1.165, 1.54) is 0 Å². The average Bonchev–Trinajstić information content (AvgIpc) is 3.32. The lowest BCUT2D eigenvalue weighted by molar-refractivity contribution is -0.110. The number of carbonyl (C=O) groups excluding carboxylic acids is 1. The van der Waals surface area contributed by atoms with Gasteiger partial charge in [0.1, 0.15) is 18.5 Å². The van der Waals surface area contributed by atoms with Crippen molar-refractivity contribution in [3.63, 3.8) is 0 Å². The minimum Gasteiger partial charge on any atom is -0.420 e. The van der Waals surface area contributed by atoms with Gasteiger partial charge in [0.2, 0.25) is 11.8 Å². The van der Waals surface area contributed by atoms with Crippen LogP contribution in [0.2, 0.25) is 5.02 Å². The number of nitrogens with one attached hydrogen (secondary N) is 1. The first-order valence-electron chi connectivity index (χ1n) is 11.6. The van der Waals surface area contributed by atoms with Crippen molar-refractivity contribution < 1.29 is 13.9 Å². The molecule has 3 aromatic rings. The Morgan fingerprint density at radius 1 is 1.32 bits per heavy atom. The molecular weight excluding hydrogens is 458 g/mol. The van der Waals surface area contributed by atoms with Crippen molar-refractivity contribution in [3.05, 3.63) is 41.3 Å². The van der Waals surface area contributed by atoms with E-state index in [1.54, 1.807) is 36.3 Å². The van der Waals surface area contributed by atoms with Gasteiger partial charge in [0.15, 0.2) is 5.82 Å². The summed E-state index contributed by atoms with van der Waals surface area (Å²) in [6.45, 7) is 2.52. The lowest BCUT2D eigenvalue weighted by Crippen LogP contribution is -2.70. The van der Waals surface area contributed by atoms with Crippen molar-refractivity contribution in [2.45, 2.75) is 63.3 Å². The van der Waals surface area contributed by atoms with Crippen LogP contribution in [0.4, 0.5) is 10.5 Å². The molecule has 3 atom stereocenters. The molecule has 34 heavy (non-hydrogen) atoms. The van der Waals surface area contributed by atoms with Crippen molar-refractivity contribution in [1.29, 1.82) is 0 Å². The van der Waals surface area contributed by atoms with Crippen molar-refractivity contribution in [2.24, 2.45) is 13.0 Å². The monoisotopic (exact) mass is 483 g/mol. The Bertz CT molecular complexity index is 1240. The van der Waals surface area contributed by atoms with Gasteiger partial charge in [-0.1, -0.05) is 18.5 Å². The number of aromatic nitrogens is 5. The molecule has 10 nitrogen and oxygen atoms in total. The summed E-state index contributed by atoms with van der Waals surface area (Å²) in [5.41, 5.74) is 0.688. The Hall–Kier alpha value is -2.98. The third kappa shape index (κ3) is 3.74. The van der Waals surface area contributed by atoms with Gasteiger partial charge < -0.3 is 19.4 Å². The van der Waals surface area contributed by atoms with E-state index in [1.807, 2.05) is 4.90 Å². The molecule has 2 aliphatic carbocycles. The number of carbonyl (C=O) groups is 1. The number of hydrogen-bond acceptors (Lipinski definition) is 7. The van der Waals surface area contributed by atoms with E-state index in [2.05, 4.69) is 32.5 Å². The second-order valence-electron chi connectivity index (χ2n) is 9.68. The number of rotatable bonds is 6.